The number of nitrogens with zero attached hydrogens (tertiary/aromatic N) is 4. The van der Waals surface area contributed by atoms with Gasteiger partial charge in [-0.1, -0.05) is 12.1 Å². The topological polar surface area (TPSA) is 106 Å². The van der Waals surface area contributed by atoms with Crippen LogP contribution in [0.3, 0.4) is 0 Å². The zero-order valence-electron chi connectivity index (χ0n) is 13.7. The quantitative estimate of drug-likeness (QED) is 0.349. The maximum absolute atomic E-state index is 12.6. The number of benzene rings is 2. The van der Waals surface area contributed by atoms with Crippen molar-refractivity contribution in [3.05, 3.63) is 80.3 Å². The Kier molecular flexibility index (Phi) is 3.58. The molecule has 0 amide bonds. The van der Waals surface area contributed by atoms with Gasteiger partial charge in [0.25, 0.3) is 5.69 Å². The van der Waals surface area contributed by atoms with E-state index in [1.807, 2.05) is 12.1 Å². The molecule has 0 bridgehead atoms. The smallest absolute Gasteiger partial charge is 0.269 e. The van der Waals surface area contributed by atoms with Crippen LogP contribution in [0.2, 0.25) is 0 Å². The normalized spacial score (nSPS) is 11.6. The molecule has 0 unspecified atom stereocenters. The maximum atomic E-state index is 12.6. The second-order valence-corrected chi connectivity index (χ2v) is 5.76. The van der Waals surface area contributed by atoms with Gasteiger partial charge in [0.05, 0.1) is 16.7 Å². The molecule has 0 fully saturated rings. The van der Waals surface area contributed by atoms with Gasteiger partial charge >= 0.3 is 0 Å². The van der Waals surface area contributed by atoms with Crippen LogP contribution in [-0.4, -0.2) is 25.8 Å². The van der Waals surface area contributed by atoms with Crippen molar-refractivity contribution in [2.24, 2.45) is 5.10 Å². The summed E-state index contributed by atoms with van der Waals surface area (Å²) in [4.78, 5) is 30.4. The van der Waals surface area contributed by atoms with E-state index >= 15 is 0 Å². The zero-order chi connectivity index (χ0) is 18.3. The fraction of sp³-hybridized carbons (Fsp3) is 0.0556. The van der Waals surface area contributed by atoms with Gasteiger partial charge in [-0.3, -0.25) is 14.9 Å². The van der Waals surface area contributed by atoms with Gasteiger partial charge in [-0.05, 0) is 36.8 Å². The summed E-state index contributed by atoms with van der Waals surface area (Å²) in [6.45, 7) is 1.76. The molecule has 1 N–H and O–H groups in total. The number of para-hydroxylation sites is 1. The lowest BCUT2D eigenvalue weighted by atomic mass is 10.2. The Hall–Kier alpha value is -3.81. The Balaban J connectivity index is 1.82. The fourth-order valence-electron chi connectivity index (χ4n) is 2.79. The number of nitro groups is 1. The highest BCUT2D eigenvalue weighted by molar-refractivity contribution is 5.89. The summed E-state index contributed by atoms with van der Waals surface area (Å²) in [7, 11) is 0. The zero-order valence-corrected chi connectivity index (χ0v) is 13.7. The number of hydrogen-bond acceptors (Lipinski definition) is 5. The molecule has 4 aromatic rings. The summed E-state index contributed by atoms with van der Waals surface area (Å²) in [6.07, 6.45) is 1.56. The van der Waals surface area contributed by atoms with E-state index in [9.17, 15) is 14.9 Å². The van der Waals surface area contributed by atoms with Crippen molar-refractivity contribution >= 4 is 34.0 Å². The molecular formula is C18H13N5O3. The minimum atomic E-state index is -0.454. The van der Waals surface area contributed by atoms with E-state index in [1.54, 1.807) is 42.1 Å². The third kappa shape index (κ3) is 2.53. The molecule has 2 heterocycles. The molecule has 26 heavy (non-hydrogen) atoms. The Bertz CT molecular complexity index is 1240. The molecule has 128 valence electrons. The minimum absolute atomic E-state index is 0.0159. The SMILES string of the molecule is Cc1nc2c(=O)c3ccccc3[nH]c2n1N=Cc1ccc([N+](=O)[O-])cc1. The van der Waals surface area contributed by atoms with Gasteiger partial charge in [0.15, 0.2) is 11.2 Å². The molecule has 0 aliphatic rings. The lowest BCUT2D eigenvalue weighted by molar-refractivity contribution is -0.384. The molecule has 0 saturated heterocycles. The van der Waals surface area contributed by atoms with Crippen molar-refractivity contribution in [1.29, 1.82) is 0 Å². The van der Waals surface area contributed by atoms with Gasteiger partial charge < -0.3 is 4.98 Å². The summed E-state index contributed by atoms with van der Waals surface area (Å²) in [5.41, 5.74) is 2.09. The first-order valence-electron chi connectivity index (χ1n) is 7.83. The molecule has 0 saturated carbocycles. The molecule has 2 aromatic carbocycles. The van der Waals surface area contributed by atoms with Crippen LogP contribution in [0.15, 0.2) is 58.4 Å². The lowest BCUT2D eigenvalue weighted by Gasteiger charge is -2.01. The predicted molar refractivity (Wildman–Crippen MR) is 98.7 cm³/mol. The molecule has 2 aromatic heterocycles. The maximum Gasteiger partial charge on any atom is 0.269 e. The van der Waals surface area contributed by atoms with Crippen LogP contribution < -0.4 is 5.43 Å². The van der Waals surface area contributed by atoms with Gasteiger partial charge in [0.1, 0.15) is 5.82 Å². The molecule has 0 atom stereocenters. The lowest BCUT2D eigenvalue weighted by Crippen LogP contribution is -2.04. The summed E-state index contributed by atoms with van der Waals surface area (Å²) in [6, 6.07) is 13.3. The summed E-state index contributed by atoms with van der Waals surface area (Å²) in [5, 5.41) is 15.7. The van der Waals surface area contributed by atoms with Crippen molar-refractivity contribution in [1.82, 2.24) is 14.6 Å². The second-order valence-electron chi connectivity index (χ2n) is 5.76. The fourth-order valence-corrected chi connectivity index (χ4v) is 2.79. The van der Waals surface area contributed by atoms with E-state index in [2.05, 4.69) is 15.1 Å². The number of rotatable bonds is 3. The van der Waals surface area contributed by atoms with Crippen LogP contribution >= 0.6 is 0 Å². The first-order chi connectivity index (χ1) is 12.5. The van der Waals surface area contributed by atoms with Crippen LogP contribution in [0.25, 0.3) is 22.1 Å². The van der Waals surface area contributed by atoms with Gasteiger partial charge in [-0.25, -0.2) is 9.66 Å². The van der Waals surface area contributed by atoms with Crippen molar-refractivity contribution < 1.29 is 4.92 Å². The van der Waals surface area contributed by atoms with Gasteiger partial charge in [-0.2, -0.15) is 5.10 Å². The van der Waals surface area contributed by atoms with Crippen LogP contribution in [0.4, 0.5) is 5.69 Å². The summed E-state index contributed by atoms with van der Waals surface area (Å²) >= 11 is 0. The van der Waals surface area contributed by atoms with Gasteiger partial charge in [-0.15, -0.1) is 0 Å². The molecule has 8 nitrogen and oxygen atoms in total. The Morgan fingerprint density at radius 3 is 2.65 bits per heavy atom. The molecular weight excluding hydrogens is 334 g/mol. The van der Waals surface area contributed by atoms with Crippen LogP contribution in [0.5, 0.6) is 0 Å². The van der Waals surface area contributed by atoms with Crippen molar-refractivity contribution in [2.45, 2.75) is 6.92 Å². The molecule has 8 heteroatoms. The number of nitro benzene ring substituents is 1. The number of pyridine rings is 1. The average molecular weight is 347 g/mol. The number of nitrogens with one attached hydrogen (secondary N) is 1. The molecule has 0 aliphatic heterocycles. The number of aromatic nitrogens is 3. The highest BCUT2D eigenvalue weighted by atomic mass is 16.6. The van der Waals surface area contributed by atoms with E-state index in [0.717, 1.165) is 0 Å². The highest BCUT2D eigenvalue weighted by Crippen LogP contribution is 2.16. The van der Waals surface area contributed by atoms with Crippen LogP contribution in [0.1, 0.15) is 11.4 Å². The minimum Gasteiger partial charge on any atom is -0.338 e. The average Bonchev–Trinajstić information content (AvgIpc) is 2.96. The number of non-ortho nitro benzene ring substituents is 1. The van der Waals surface area contributed by atoms with Crippen molar-refractivity contribution in [2.75, 3.05) is 0 Å². The van der Waals surface area contributed by atoms with E-state index in [0.29, 0.717) is 33.5 Å². The largest absolute Gasteiger partial charge is 0.338 e. The summed E-state index contributed by atoms with van der Waals surface area (Å²) in [5.74, 6) is 0.557. The highest BCUT2D eigenvalue weighted by Gasteiger charge is 2.13. The number of aromatic amines is 1. The predicted octanol–water partition coefficient (Wildman–Crippen LogP) is 2.98. The Morgan fingerprint density at radius 1 is 1.19 bits per heavy atom. The number of H-pyrrole nitrogens is 1. The van der Waals surface area contributed by atoms with E-state index in [1.165, 1.54) is 12.1 Å². The second kappa shape index (κ2) is 5.92. The Labute approximate surface area is 146 Å². The van der Waals surface area contributed by atoms with E-state index in [4.69, 9.17) is 0 Å². The third-order valence-electron chi connectivity index (χ3n) is 4.08. The van der Waals surface area contributed by atoms with Crippen molar-refractivity contribution in [3.63, 3.8) is 0 Å². The molecule has 0 spiro atoms. The van der Waals surface area contributed by atoms with Crippen LogP contribution in [0, 0.1) is 17.0 Å². The van der Waals surface area contributed by atoms with Gasteiger partial charge in [0.2, 0.25) is 5.43 Å². The summed E-state index contributed by atoms with van der Waals surface area (Å²) < 4.78 is 1.55. The Morgan fingerprint density at radius 2 is 1.92 bits per heavy atom. The van der Waals surface area contributed by atoms with Gasteiger partial charge in [0, 0.05) is 17.5 Å². The standard InChI is InChI=1S/C18H13N5O3/c1-11-20-16-17(24)14-4-2-3-5-15(14)21-18(16)22(11)19-10-12-6-8-13(9-7-12)23(25)26/h2-10H,1H3,(H,21,24). The van der Waals surface area contributed by atoms with E-state index in [-0.39, 0.29) is 11.1 Å². The number of aryl methyl sites for hydroxylation is 1. The molecule has 0 radical (unpaired) electrons. The monoisotopic (exact) mass is 347 g/mol. The number of hydrogen-bond donors (Lipinski definition) is 1. The number of imidazole rings is 1. The molecule has 4 rings (SSSR count). The first-order valence-corrected chi connectivity index (χ1v) is 7.83. The number of fused-ring (bicyclic) bond motifs is 2. The molecule has 0 aliphatic carbocycles. The van der Waals surface area contributed by atoms with Crippen LogP contribution in [-0.2, 0) is 0 Å². The van der Waals surface area contributed by atoms with E-state index < -0.39 is 4.92 Å². The third-order valence-corrected chi connectivity index (χ3v) is 4.08. The van der Waals surface area contributed by atoms with Crippen molar-refractivity contribution in [3.8, 4) is 0 Å². The first kappa shape index (κ1) is 15.7.